The normalized spacial score (nSPS) is 10.7. The minimum atomic E-state index is -0.837. The Morgan fingerprint density at radius 2 is 2.00 bits per heavy atom. The number of amides is 1. The maximum atomic E-state index is 11.3. The number of carbonyl (C=O) groups excluding carboxylic acids is 1. The van der Waals surface area contributed by atoms with Crippen LogP contribution in [-0.2, 0) is 9.59 Å². The van der Waals surface area contributed by atoms with E-state index in [1.807, 2.05) is 25.7 Å². The van der Waals surface area contributed by atoms with Gasteiger partial charge in [0.05, 0.1) is 13.0 Å². The fourth-order valence-corrected chi connectivity index (χ4v) is 1.20. The number of aliphatic carboxylic acids is 1. The van der Waals surface area contributed by atoms with Gasteiger partial charge in [-0.1, -0.05) is 0 Å². The summed E-state index contributed by atoms with van der Waals surface area (Å²) in [5.41, 5.74) is 0. The van der Waals surface area contributed by atoms with Crippen molar-refractivity contribution in [2.24, 2.45) is 0 Å². The molecule has 0 atom stereocenters. The Kier molecular flexibility index (Phi) is 6.70. The van der Waals surface area contributed by atoms with Crippen LogP contribution in [0.3, 0.4) is 0 Å². The molecule has 0 fully saturated rings. The van der Waals surface area contributed by atoms with E-state index in [0.717, 1.165) is 0 Å². The number of rotatable bonds is 7. The summed E-state index contributed by atoms with van der Waals surface area (Å²) in [6.07, 6.45) is 0.0670. The summed E-state index contributed by atoms with van der Waals surface area (Å²) >= 11 is 0. The van der Waals surface area contributed by atoms with Crippen LogP contribution in [0.1, 0.15) is 27.2 Å². The zero-order valence-electron chi connectivity index (χ0n) is 9.62. The summed E-state index contributed by atoms with van der Waals surface area (Å²) in [5.74, 6) is -0.895. The lowest BCUT2D eigenvalue weighted by Crippen LogP contribution is -2.41. The Morgan fingerprint density at radius 1 is 1.40 bits per heavy atom. The lowest BCUT2D eigenvalue weighted by Gasteiger charge is -2.24. The molecular formula is C10H20N2O3. The smallest absolute Gasteiger partial charge is 0.304 e. The van der Waals surface area contributed by atoms with Crippen molar-refractivity contribution in [1.29, 1.82) is 0 Å². The first-order valence-corrected chi connectivity index (χ1v) is 5.19. The highest BCUT2D eigenvalue weighted by atomic mass is 16.4. The fraction of sp³-hybridized carbons (Fsp3) is 0.800. The molecule has 5 nitrogen and oxygen atoms in total. The first-order valence-electron chi connectivity index (χ1n) is 5.19. The first-order chi connectivity index (χ1) is 6.97. The number of hydrogen-bond acceptors (Lipinski definition) is 3. The summed E-state index contributed by atoms with van der Waals surface area (Å²) < 4.78 is 0. The average Bonchev–Trinajstić information content (AvgIpc) is 2.11. The molecule has 0 spiro atoms. The Balaban J connectivity index is 4.04. The van der Waals surface area contributed by atoms with E-state index >= 15 is 0 Å². The highest BCUT2D eigenvalue weighted by molar-refractivity contribution is 5.78. The molecular weight excluding hydrogens is 196 g/mol. The number of hydrogen-bond donors (Lipinski definition) is 2. The van der Waals surface area contributed by atoms with E-state index in [1.54, 1.807) is 0 Å². The Morgan fingerprint density at radius 3 is 2.40 bits per heavy atom. The number of nitrogens with one attached hydrogen (secondary N) is 1. The van der Waals surface area contributed by atoms with Crippen molar-refractivity contribution in [2.75, 3.05) is 19.6 Å². The van der Waals surface area contributed by atoms with Gasteiger partial charge in [-0.15, -0.1) is 0 Å². The van der Waals surface area contributed by atoms with Gasteiger partial charge in [-0.05, 0) is 20.8 Å². The average molecular weight is 216 g/mol. The van der Waals surface area contributed by atoms with Crippen LogP contribution in [-0.4, -0.2) is 47.6 Å². The lowest BCUT2D eigenvalue weighted by atomic mass is 10.2. The second-order valence-corrected chi connectivity index (χ2v) is 3.66. The van der Waals surface area contributed by atoms with E-state index in [4.69, 9.17) is 5.11 Å². The summed E-state index contributed by atoms with van der Waals surface area (Å²) in [7, 11) is 0. The van der Waals surface area contributed by atoms with Crippen molar-refractivity contribution in [3.63, 3.8) is 0 Å². The van der Waals surface area contributed by atoms with E-state index in [1.165, 1.54) is 0 Å². The molecule has 0 aromatic carbocycles. The van der Waals surface area contributed by atoms with Gasteiger partial charge in [0.2, 0.25) is 5.91 Å². The molecule has 1 amide bonds. The standard InChI is InChI=1S/C10H20N2O3/c1-4-11-9(13)7-12(8(2)3)6-5-10(14)15/h8H,4-7H2,1-3H3,(H,11,13)(H,14,15). The van der Waals surface area contributed by atoms with Crippen LogP contribution in [0.5, 0.6) is 0 Å². The van der Waals surface area contributed by atoms with Gasteiger partial charge in [0.15, 0.2) is 0 Å². The molecule has 0 heterocycles. The number of likely N-dealkylation sites (N-methyl/N-ethyl adjacent to an activating group) is 1. The molecule has 0 unspecified atom stereocenters. The van der Waals surface area contributed by atoms with Crippen LogP contribution in [0.15, 0.2) is 0 Å². The van der Waals surface area contributed by atoms with E-state index < -0.39 is 5.97 Å². The minimum Gasteiger partial charge on any atom is -0.481 e. The number of carboxylic acid groups (broad SMARTS) is 1. The summed E-state index contributed by atoms with van der Waals surface area (Å²) in [4.78, 5) is 23.6. The van der Waals surface area contributed by atoms with Crippen LogP contribution in [0.2, 0.25) is 0 Å². The maximum Gasteiger partial charge on any atom is 0.304 e. The number of nitrogens with zero attached hydrogens (tertiary/aromatic N) is 1. The van der Waals surface area contributed by atoms with Gasteiger partial charge in [-0.25, -0.2) is 0 Å². The van der Waals surface area contributed by atoms with E-state index in [0.29, 0.717) is 13.1 Å². The Labute approximate surface area is 90.5 Å². The van der Waals surface area contributed by atoms with Gasteiger partial charge >= 0.3 is 5.97 Å². The Bertz CT molecular complexity index is 217. The summed E-state index contributed by atoms with van der Waals surface area (Å²) in [5, 5.41) is 11.2. The zero-order chi connectivity index (χ0) is 11.8. The van der Waals surface area contributed by atoms with E-state index in [9.17, 15) is 9.59 Å². The van der Waals surface area contributed by atoms with Crippen molar-refractivity contribution in [3.05, 3.63) is 0 Å². The van der Waals surface area contributed by atoms with Crippen LogP contribution >= 0.6 is 0 Å². The molecule has 0 saturated heterocycles. The van der Waals surface area contributed by atoms with Gasteiger partial charge in [0.1, 0.15) is 0 Å². The van der Waals surface area contributed by atoms with Gasteiger partial charge in [-0.3, -0.25) is 14.5 Å². The predicted molar refractivity (Wildman–Crippen MR) is 57.6 cm³/mol. The molecule has 0 aromatic heterocycles. The molecule has 15 heavy (non-hydrogen) atoms. The van der Waals surface area contributed by atoms with Gasteiger partial charge in [0.25, 0.3) is 0 Å². The Hall–Kier alpha value is -1.10. The van der Waals surface area contributed by atoms with Gasteiger partial charge in [-0.2, -0.15) is 0 Å². The van der Waals surface area contributed by atoms with Gasteiger partial charge in [0, 0.05) is 19.1 Å². The predicted octanol–water partition coefficient (Wildman–Crippen LogP) is 0.308. The monoisotopic (exact) mass is 216 g/mol. The van der Waals surface area contributed by atoms with Crippen LogP contribution in [0.4, 0.5) is 0 Å². The van der Waals surface area contributed by atoms with Crippen molar-refractivity contribution in [2.45, 2.75) is 33.2 Å². The largest absolute Gasteiger partial charge is 0.481 e. The topological polar surface area (TPSA) is 69.6 Å². The van der Waals surface area contributed by atoms with Crippen molar-refractivity contribution < 1.29 is 14.7 Å². The molecule has 0 aromatic rings. The molecule has 2 N–H and O–H groups in total. The van der Waals surface area contributed by atoms with Crippen molar-refractivity contribution >= 4 is 11.9 Å². The minimum absolute atomic E-state index is 0.0587. The second-order valence-electron chi connectivity index (χ2n) is 3.66. The number of carbonyl (C=O) groups is 2. The summed E-state index contributed by atoms with van der Waals surface area (Å²) in [6.45, 7) is 7.02. The van der Waals surface area contributed by atoms with Crippen molar-refractivity contribution in [1.82, 2.24) is 10.2 Å². The van der Waals surface area contributed by atoms with Crippen LogP contribution in [0.25, 0.3) is 0 Å². The number of carboxylic acids is 1. The van der Waals surface area contributed by atoms with Gasteiger partial charge < -0.3 is 10.4 Å². The third-order valence-corrected chi connectivity index (χ3v) is 2.06. The van der Waals surface area contributed by atoms with Crippen LogP contribution < -0.4 is 5.32 Å². The molecule has 0 bridgehead atoms. The molecule has 0 radical (unpaired) electrons. The highest BCUT2D eigenvalue weighted by Gasteiger charge is 2.14. The zero-order valence-corrected chi connectivity index (χ0v) is 9.62. The fourth-order valence-electron chi connectivity index (χ4n) is 1.20. The SMILES string of the molecule is CCNC(=O)CN(CCC(=O)O)C(C)C. The van der Waals surface area contributed by atoms with E-state index in [2.05, 4.69) is 5.32 Å². The quantitative estimate of drug-likeness (QED) is 0.642. The molecule has 0 aliphatic rings. The lowest BCUT2D eigenvalue weighted by molar-refractivity contribution is -0.138. The van der Waals surface area contributed by atoms with Crippen LogP contribution in [0, 0.1) is 0 Å². The first kappa shape index (κ1) is 13.9. The third-order valence-electron chi connectivity index (χ3n) is 2.06. The molecule has 0 aliphatic carbocycles. The molecule has 0 saturated carbocycles. The second kappa shape index (κ2) is 7.23. The van der Waals surface area contributed by atoms with Crippen molar-refractivity contribution in [3.8, 4) is 0 Å². The maximum absolute atomic E-state index is 11.3. The molecule has 88 valence electrons. The molecule has 0 aliphatic heterocycles. The third kappa shape index (κ3) is 6.90. The van der Waals surface area contributed by atoms with E-state index in [-0.39, 0.29) is 24.9 Å². The summed E-state index contributed by atoms with van der Waals surface area (Å²) in [6, 6.07) is 0.173. The molecule has 0 rings (SSSR count). The highest BCUT2D eigenvalue weighted by Crippen LogP contribution is 1.99. The molecule has 5 heteroatoms.